The van der Waals surface area contributed by atoms with Crippen LogP contribution >= 0.6 is 0 Å². The van der Waals surface area contributed by atoms with E-state index in [1.54, 1.807) is 12.5 Å². The van der Waals surface area contributed by atoms with Crippen LogP contribution in [-0.2, 0) is 0 Å². The molecule has 0 N–H and O–H groups in total. The van der Waals surface area contributed by atoms with E-state index in [1.807, 2.05) is 0 Å². The van der Waals surface area contributed by atoms with Crippen LogP contribution < -0.4 is 0 Å². The number of hydrogen-bond acceptors (Lipinski definition) is 0. The van der Waals surface area contributed by atoms with Crippen molar-refractivity contribution in [1.29, 1.82) is 0 Å². The Bertz CT molecular complexity index is 41.6. The Morgan fingerprint density at radius 3 is 2.56 bits per heavy atom. The Morgan fingerprint density at radius 2 is 2.00 bits per heavy atom. The van der Waals surface area contributed by atoms with Gasteiger partial charge in [0.05, 0.1) is 0 Å². The van der Waals surface area contributed by atoms with Crippen LogP contribution in [0.2, 0.25) is 12.6 Å². The Morgan fingerprint density at radius 1 is 1.22 bits per heavy atom. The zero-order valence-electron chi connectivity index (χ0n) is 6.95. The molecule has 0 aromatic heterocycles. The Balaban J connectivity index is 2.60. The first-order valence-electron chi connectivity index (χ1n) is 4.41. The molecule has 0 saturated heterocycles. The van der Waals surface area contributed by atoms with E-state index in [0.29, 0.717) is 26.6 Å². The Kier molecular flexibility index (Phi) is 9.28. The summed E-state index contributed by atoms with van der Waals surface area (Å²) in [6.45, 7) is 4.80. The molecule has 0 fully saturated rings. The molecular formula is C6H20Si3. The predicted molar refractivity (Wildman–Crippen MR) is 55.8 cm³/mol. The van der Waals surface area contributed by atoms with Gasteiger partial charge in [0, 0.05) is 18.1 Å². The predicted octanol–water partition coefficient (Wildman–Crippen LogP) is -0.0206. The molecule has 0 atom stereocenters. The van der Waals surface area contributed by atoms with E-state index in [0.717, 1.165) is 0 Å². The van der Waals surface area contributed by atoms with Crippen LogP contribution in [0.15, 0.2) is 0 Å². The van der Waals surface area contributed by atoms with Gasteiger partial charge in [-0.3, -0.25) is 0 Å². The van der Waals surface area contributed by atoms with Crippen LogP contribution in [0.25, 0.3) is 0 Å². The van der Waals surface area contributed by atoms with Crippen molar-refractivity contribution in [1.82, 2.24) is 0 Å². The van der Waals surface area contributed by atoms with Gasteiger partial charge in [-0.2, -0.15) is 0 Å². The first-order valence-corrected chi connectivity index (χ1v) is 14.8. The van der Waals surface area contributed by atoms with Crippen molar-refractivity contribution in [3.63, 3.8) is 0 Å². The summed E-state index contributed by atoms with van der Waals surface area (Å²) in [5.41, 5.74) is 0. The molecule has 0 unspecified atom stereocenters. The zero-order valence-corrected chi connectivity index (χ0v) is 11.2. The lowest BCUT2D eigenvalue weighted by atomic mass is 10.3. The fraction of sp³-hybridized carbons (Fsp3) is 1.00. The number of hydrogen-bond donors (Lipinski definition) is 0. The molecule has 0 radical (unpaired) electrons. The SMILES string of the molecule is CCCCC[SiH2][SiH2][SiH2]C. The van der Waals surface area contributed by atoms with Gasteiger partial charge in [0.1, 0.15) is 0 Å². The molecule has 0 saturated carbocycles. The van der Waals surface area contributed by atoms with E-state index in [2.05, 4.69) is 13.5 Å². The minimum absolute atomic E-state index is 0.580. The fourth-order valence-electron chi connectivity index (χ4n) is 1.03. The summed E-state index contributed by atoms with van der Waals surface area (Å²) in [5.74, 6) is 0. The highest BCUT2D eigenvalue weighted by atomic mass is 29.5. The van der Waals surface area contributed by atoms with E-state index in [-0.39, 0.29) is 0 Å². The first-order chi connectivity index (χ1) is 4.41. The Labute approximate surface area is 65.9 Å². The summed E-state index contributed by atoms with van der Waals surface area (Å²) in [7, 11) is 1.84. The Hall–Kier alpha value is 0.651. The molecule has 0 aromatic carbocycles. The molecule has 0 aliphatic heterocycles. The molecule has 0 heterocycles. The van der Waals surface area contributed by atoms with Gasteiger partial charge in [-0.05, 0) is 8.55 Å². The van der Waals surface area contributed by atoms with Gasteiger partial charge >= 0.3 is 0 Å². The second-order valence-corrected chi connectivity index (χ2v) is 19.5. The molecule has 0 bridgehead atoms. The smallest absolute Gasteiger partial charge is 0.00492 e. The van der Waals surface area contributed by atoms with Crippen molar-refractivity contribution in [2.45, 2.75) is 38.8 Å². The van der Waals surface area contributed by atoms with Gasteiger partial charge in [0.25, 0.3) is 0 Å². The molecule has 0 aromatic rings. The highest BCUT2D eigenvalue weighted by molar-refractivity contribution is 7.29. The molecular weight excluding hydrogens is 156 g/mol. The van der Waals surface area contributed by atoms with Crippen molar-refractivity contribution in [2.75, 3.05) is 0 Å². The van der Waals surface area contributed by atoms with E-state index in [4.69, 9.17) is 0 Å². The van der Waals surface area contributed by atoms with Gasteiger partial charge in [0.15, 0.2) is 0 Å². The maximum Gasteiger partial charge on any atom is 0.00492 e. The second-order valence-electron chi connectivity index (χ2n) is 2.77. The van der Waals surface area contributed by atoms with E-state index < -0.39 is 0 Å². The summed E-state index contributed by atoms with van der Waals surface area (Å²) < 4.78 is 0. The minimum atomic E-state index is 0.580. The number of rotatable bonds is 6. The molecule has 56 valence electrons. The lowest BCUT2D eigenvalue weighted by Crippen LogP contribution is -2.08. The molecule has 0 spiro atoms. The quantitative estimate of drug-likeness (QED) is 0.394. The molecule has 0 rings (SSSR count). The van der Waals surface area contributed by atoms with Gasteiger partial charge in [-0.25, -0.2) is 0 Å². The molecule has 0 amide bonds. The highest BCUT2D eigenvalue weighted by Gasteiger charge is 1.87. The first kappa shape index (κ1) is 9.65. The standard InChI is InChI=1S/C6H20Si3/c1-3-4-5-6-8-9-7-2/h3-9H2,1-2H3. The summed E-state index contributed by atoms with van der Waals surface area (Å²) in [6.07, 6.45) is 4.50. The molecule has 0 aliphatic rings. The van der Waals surface area contributed by atoms with Crippen molar-refractivity contribution in [3.8, 4) is 0 Å². The van der Waals surface area contributed by atoms with Gasteiger partial charge < -0.3 is 0 Å². The monoisotopic (exact) mass is 176 g/mol. The second kappa shape index (κ2) is 8.65. The third-order valence-corrected chi connectivity index (χ3v) is 19.9. The minimum Gasteiger partial charge on any atom is -0.0773 e. The highest BCUT2D eigenvalue weighted by Crippen LogP contribution is 1.97. The van der Waals surface area contributed by atoms with E-state index >= 15 is 0 Å². The normalized spacial score (nSPS) is 14.0. The summed E-state index contributed by atoms with van der Waals surface area (Å²) in [6, 6.07) is 1.70. The summed E-state index contributed by atoms with van der Waals surface area (Å²) in [4.78, 5) is 0. The molecule has 3 heteroatoms. The molecule has 0 aliphatic carbocycles. The lowest BCUT2D eigenvalue weighted by molar-refractivity contribution is 0.770. The van der Waals surface area contributed by atoms with Crippen molar-refractivity contribution >= 4 is 26.6 Å². The van der Waals surface area contributed by atoms with E-state index in [9.17, 15) is 0 Å². The fourth-order valence-corrected chi connectivity index (χ4v) is 13.9. The average Bonchev–Trinajstić information content (AvgIpc) is 1.89. The van der Waals surface area contributed by atoms with Crippen LogP contribution in [-0.4, -0.2) is 26.6 Å². The van der Waals surface area contributed by atoms with Crippen LogP contribution in [0.1, 0.15) is 26.2 Å². The maximum absolute atomic E-state index is 2.50. The average molecular weight is 176 g/mol. The van der Waals surface area contributed by atoms with Crippen LogP contribution in [0.5, 0.6) is 0 Å². The van der Waals surface area contributed by atoms with Crippen molar-refractivity contribution < 1.29 is 0 Å². The topological polar surface area (TPSA) is 0 Å². The third-order valence-electron chi connectivity index (χ3n) is 1.71. The molecule has 0 nitrogen and oxygen atoms in total. The lowest BCUT2D eigenvalue weighted by Gasteiger charge is -1.94. The largest absolute Gasteiger partial charge is 0.0773 e. The molecule has 9 heavy (non-hydrogen) atoms. The summed E-state index contributed by atoms with van der Waals surface area (Å²) >= 11 is 0. The van der Waals surface area contributed by atoms with Crippen LogP contribution in [0, 0.1) is 0 Å². The van der Waals surface area contributed by atoms with Crippen molar-refractivity contribution in [3.05, 3.63) is 0 Å². The van der Waals surface area contributed by atoms with Crippen LogP contribution in [0.4, 0.5) is 0 Å². The van der Waals surface area contributed by atoms with Gasteiger partial charge in [-0.1, -0.05) is 38.8 Å². The maximum atomic E-state index is 2.50. The van der Waals surface area contributed by atoms with Gasteiger partial charge in [0.2, 0.25) is 0 Å². The number of unbranched alkanes of at least 4 members (excludes halogenated alkanes) is 2. The third kappa shape index (κ3) is 8.65. The zero-order chi connectivity index (χ0) is 6.95. The van der Waals surface area contributed by atoms with Crippen LogP contribution in [0.3, 0.4) is 0 Å². The summed E-state index contributed by atoms with van der Waals surface area (Å²) in [5, 5.41) is 0. The van der Waals surface area contributed by atoms with Crippen molar-refractivity contribution in [2.24, 2.45) is 0 Å². The van der Waals surface area contributed by atoms with E-state index in [1.165, 1.54) is 12.8 Å². The van der Waals surface area contributed by atoms with Gasteiger partial charge in [-0.15, -0.1) is 0 Å².